The molecule has 2 saturated heterocycles. The molecule has 1 N–H and O–H groups in total. The highest BCUT2D eigenvalue weighted by atomic mass is 16.5. The van der Waals surface area contributed by atoms with Crippen molar-refractivity contribution in [2.45, 2.75) is 39.3 Å². The highest BCUT2D eigenvalue weighted by Crippen LogP contribution is 2.42. The van der Waals surface area contributed by atoms with E-state index in [2.05, 4.69) is 0 Å². The summed E-state index contributed by atoms with van der Waals surface area (Å²) in [6, 6.07) is 8.77. The van der Waals surface area contributed by atoms with E-state index in [1.54, 1.807) is 4.90 Å². The maximum atomic E-state index is 13.1. The smallest absolute Gasteiger partial charge is 0.407 e. The highest BCUT2D eigenvalue weighted by molar-refractivity contribution is 5.91. The lowest BCUT2D eigenvalue weighted by molar-refractivity contribution is -0.158. The number of rotatable bonds is 5. The molecule has 1 aromatic rings. The first-order valence-electron chi connectivity index (χ1n) is 9.33. The van der Waals surface area contributed by atoms with E-state index in [-0.39, 0.29) is 25.0 Å². The monoisotopic (exact) mass is 374 g/mol. The zero-order valence-electron chi connectivity index (χ0n) is 15.8. The second kappa shape index (κ2) is 7.58. The van der Waals surface area contributed by atoms with Crippen LogP contribution in [0.2, 0.25) is 0 Å². The molecule has 27 heavy (non-hydrogen) atoms. The third-order valence-corrected chi connectivity index (χ3v) is 5.60. The summed E-state index contributed by atoms with van der Waals surface area (Å²) in [5.41, 5.74) is 0.205. The molecule has 0 radical (unpaired) electrons. The van der Waals surface area contributed by atoms with Gasteiger partial charge in [0.15, 0.2) is 0 Å². The summed E-state index contributed by atoms with van der Waals surface area (Å²) in [7, 11) is 0. The van der Waals surface area contributed by atoms with Crippen molar-refractivity contribution in [3.05, 3.63) is 35.9 Å². The third-order valence-electron chi connectivity index (χ3n) is 5.60. The molecule has 7 heteroatoms. The van der Waals surface area contributed by atoms with Crippen LogP contribution in [0.15, 0.2) is 30.3 Å². The Balaban J connectivity index is 1.69. The van der Waals surface area contributed by atoms with Crippen molar-refractivity contribution in [2.24, 2.45) is 11.3 Å². The average molecular weight is 374 g/mol. The van der Waals surface area contributed by atoms with E-state index in [0.717, 1.165) is 5.56 Å². The first-order valence-corrected chi connectivity index (χ1v) is 9.33. The highest BCUT2D eigenvalue weighted by Gasteiger charge is 2.54. The minimum Gasteiger partial charge on any atom is -0.465 e. The molecule has 0 unspecified atom stereocenters. The molecular weight excluding hydrogens is 348 g/mol. The van der Waals surface area contributed by atoms with E-state index in [0.29, 0.717) is 25.9 Å². The Hall–Kier alpha value is -2.57. The topological polar surface area (TPSA) is 87.2 Å². The van der Waals surface area contributed by atoms with Crippen molar-refractivity contribution < 1.29 is 24.2 Å². The van der Waals surface area contributed by atoms with Gasteiger partial charge in [0.2, 0.25) is 5.91 Å². The van der Waals surface area contributed by atoms with Crippen molar-refractivity contribution in [3.8, 4) is 0 Å². The summed E-state index contributed by atoms with van der Waals surface area (Å²) >= 11 is 0. The number of carbonyl (C=O) groups is 3. The number of benzene rings is 1. The lowest BCUT2D eigenvalue weighted by Crippen LogP contribution is -2.49. The van der Waals surface area contributed by atoms with E-state index in [4.69, 9.17) is 4.74 Å². The van der Waals surface area contributed by atoms with Gasteiger partial charge in [-0.25, -0.2) is 9.59 Å². The molecule has 2 amide bonds. The normalized spacial score (nSPS) is 23.3. The number of amides is 2. The Bertz CT molecular complexity index is 720. The van der Waals surface area contributed by atoms with Crippen LogP contribution in [0.3, 0.4) is 0 Å². The van der Waals surface area contributed by atoms with Crippen LogP contribution in [0.4, 0.5) is 4.79 Å². The van der Waals surface area contributed by atoms with Gasteiger partial charge in [0.05, 0.1) is 5.41 Å². The number of hydrogen-bond acceptors (Lipinski definition) is 4. The van der Waals surface area contributed by atoms with E-state index < -0.39 is 23.5 Å². The fourth-order valence-corrected chi connectivity index (χ4v) is 4.10. The standard InChI is InChI=1S/C20H26N2O5/c1-14(2)16(17(23)27-12-15-6-4-3-5-7-15)22-11-9-20(18(22)24)8-10-21(13-20)19(25)26/h3-7,14,16H,8-13H2,1-2H3,(H,25,26)/t16-,20+/m0/s1. The summed E-state index contributed by atoms with van der Waals surface area (Å²) in [4.78, 5) is 40.0. The van der Waals surface area contributed by atoms with E-state index in [1.165, 1.54) is 4.90 Å². The number of hydrogen-bond donors (Lipinski definition) is 1. The van der Waals surface area contributed by atoms with Gasteiger partial charge in [-0.1, -0.05) is 44.2 Å². The zero-order chi connectivity index (χ0) is 19.6. The molecule has 7 nitrogen and oxygen atoms in total. The molecule has 1 aromatic carbocycles. The van der Waals surface area contributed by atoms with Crippen molar-refractivity contribution in [1.82, 2.24) is 9.80 Å². The number of carbonyl (C=O) groups excluding carboxylic acids is 2. The van der Waals surface area contributed by atoms with Crippen LogP contribution in [-0.4, -0.2) is 58.6 Å². The molecule has 146 valence electrons. The van der Waals surface area contributed by atoms with Crippen LogP contribution in [0.5, 0.6) is 0 Å². The molecule has 2 aliphatic rings. The molecule has 2 fully saturated rings. The van der Waals surface area contributed by atoms with Crippen molar-refractivity contribution in [1.29, 1.82) is 0 Å². The van der Waals surface area contributed by atoms with Gasteiger partial charge in [0, 0.05) is 19.6 Å². The van der Waals surface area contributed by atoms with Crippen LogP contribution in [0.25, 0.3) is 0 Å². The van der Waals surface area contributed by atoms with Crippen LogP contribution in [0, 0.1) is 11.3 Å². The van der Waals surface area contributed by atoms with Gasteiger partial charge in [0.25, 0.3) is 0 Å². The van der Waals surface area contributed by atoms with Gasteiger partial charge in [0.1, 0.15) is 12.6 Å². The lowest BCUT2D eigenvalue weighted by Gasteiger charge is -2.31. The Kier molecular flexibility index (Phi) is 5.39. The average Bonchev–Trinajstić information content (AvgIpc) is 3.21. The van der Waals surface area contributed by atoms with Gasteiger partial charge in [-0.2, -0.15) is 0 Å². The van der Waals surface area contributed by atoms with Gasteiger partial charge in [-0.15, -0.1) is 0 Å². The molecular formula is C20H26N2O5. The van der Waals surface area contributed by atoms with Crippen molar-refractivity contribution >= 4 is 18.0 Å². The largest absolute Gasteiger partial charge is 0.465 e. The van der Waals surface area contributed by atoms with Crippen molar-refractivity contribution in [2.75, 3.05) is 19.6 Å². The lowest BCUT2D eigenvalue weighted by atomic mass is 9.85. The predicted molar refractivity (Wildman–Crippen MR) is 97.8 cm³/mol. The van der Waals surface area contributed by atoms with Crippen LogP contribution in [-0.2, 0) is 20.9 Å². The number of nitrogens with zero attached hydrogens (tertiary/aromatic N) is 2. The maximum absolute atomic E-state index is 13.1. The SMILES string of the molecule is CC(C)[C@@H](C(=O)OCc1ccccc1)N1CC[C@@]2(CCN(C(=O)O)C2)C1=O. The molecule has 0 aliphatic carbocycles. The summed E-state index contributed by atoms with van der Waals surface area (Å²) in [5.74, 6) is -0.627. The van der Waals surface area contributed by atoms with Crippen LogP contribution < -0.4 is 0 Å². The first-order chi connectivity index (χ1) is 12.8. The van der Waals surface area contributed by atoms with Crippen molar-refractivity contribution in [3.63, 3.8) is 0 Å². The minimum atomic E-state index is -0.999. The van der Waals surface area contributed by atoms with Gasteiger partial charge < -0.3 is 19.6 Å². The Labute approximate surface area is 158 Å². The molecule has 0 aromatic heterocycles. The summed E-state index contributed by atoms with van der Waals surface area (Å²) < 4.78 is 5.49. The van der Waals surface area contributed by atoms with E-state index >= 15 is 0 Å². The summed E-state index contributed by atoms with van der Waals surface area (Å²) in [5, 5.41) is 9.20. The van der Waals surface area contributed by atoms with Crippen LogP contribution in [0.1, 0.15) is 32.3 Å². The fourth-order valence-electron chi connectivity index (χ4n) is 4.10. The molecule has 0 saturated carbocycles. The Morgan fingerprint density at radius 3 is 2.44 bits per heavy atom. The molecule has 1 spiro atoms. The molecule has 3 rings (SSSR count). The Morgan fingerprint density at radius 2 is 1.85 bits per heavy atom. The summed E-state index contributed by atoms with van der Waals surface area (Å²) in [6.45, 7) is 4.98. The zero-order valence-corrected chi connectivity index (χ0v) is 15.8. The molecule has 2 aliphatic heterocycles. The van der Waals surface area contributed by atoms with Gasteiger partial charge in [-0.3, -0.25) is 4.79 Å². The predicted octanol–water partition coefficient (Wildman–Crippen LogP) is 2.36. The fraction of sp³-hybridized carbons (Fsp3) is 0.550. The maximum Gasteiger partial charge on any atom is 0.407 e. The van der Waals surface area contributed by atoms with Gasteiger partial charge >= 0.3 is 12.1 Å². The number of ether oxygens (including phenoxy) is 1. The second-order valence-electron chi connectivity index (χ2n) is 7.77. The van der Waals surface area contributed by atoms with Crippen LogP contribution >= 0.6 is 0 Å². The molecule has 2 heterocycles. The third kappa shape index (κ3) is 3.77. The minimum absolute atomic E-state index is 0.0932. The molecule has 0 bridgehead atoms. The second-order valence-corrected chi connectivity index (χ2v) is 7.77. The van der Waals surface area contributed by atoms with E-state index in [9.17, 15) is 19.5 Å². The first kappa shape index (κ1) is 19.2. The molecule has 2 atom stereocenters. The van der Waals surface area contributed by atoms with Gasteiger partial charge in [-0.05, 0) is 24.3 Å². The Morgan fingerprint density at radius 1 is 1.19 bits per heavy atom. The number of carboxylic acid groups (broad SMARTS) is 1. The number of likely N-dealkylation sites (tertiary alicyclic amines) is 2. The van der Waals surface area contributed by atoms with E-state index in [1.807, 2.05) is 44.2 Å². The number of esters is 1. The summed E-state index contributed by atoms with van der Waals surface area (Å²) in [6.07, 6.45) is 0.0874. The quantitative estimate of drug-likeness (QED) is 0.800.